The summed E-state index contributed by atoms with van der Waals surface area (Å²) in [6.07, 6.45) is 0.148. The summed E-state index contributed by atoms with van der Waals surface area (Å²) in [6.45, 7) is -0.623. The Labute approximate surface area is 143 Å². The minimum absolute atomic E-state index is 0.171. The molecule has 126 valence electrons. The largest absolute Gasteiger partial charge is 0.394 e. The summed E-state index contributed by atoms with van der Waals surface area (Å²) >= 11 is 8.51. The van der Waals surface area contributed by atoms with Crippen molar-refractivity contribution in [3.05, 3.63) is 37.6 Å². The number of hydrogen-bond donors (Lipinski definition) is 3. The van der Waals surface area contributed by atoms with Crippen LogP contribution in [0.25, 0.3) is 6.08 Å². The lowest BCUT2D eigenvalue weighted by molar-refractivity contribution is -0.144. The summed E-state index contributed by atoms with van der Waals surface area (Å²) in [7, 11) is 0. The maximum Gasteiger partial charge on any atom is 0.330 e. The van der Waals surface area contributed by atoms with E-state index in [-0.39, 0.29) is 12.0 Å². The molecule has 1 aromatic rings. The van der Waals surface area contributed by atoms with Gasteiger partial charge in [0.05, 0.1) is 18.1 Å². The van der Waals surface area contributed by atoms with E-state index >= 15 is 0 Å². The molecule has 1 aliphatic rings. The minimum atomic E-state index is -2.00. The Balaban J connectivity index is 2.45. The first kappa shape index (κ1) is 18.1. The molecule has 3 atom stereocenters. The van der Waals surface area contributed by atoms with E-state index in [9.17, 15) is 24.6 Å². The van der Waals surface area contributed by atoms with Gasteiger partial charge in [0.1, 0.15) is 12.3 Å². The Morgan fingerprint density at radius 1 is 1.61 bits per heavy atom. The van der Waals surface area contributed by atoms with Crippen molar-refractivity contribution in [2.24, 2.45) is 0 Å². The molecular formula is C13H14BrClN2O6. The van der Waals surface area contributed by atoms with Crippen molar-refractivity contribution in [3.8, 4) is 0 Å². The van der Waals surface area contributed by atoms with Crippen LogP contribution in [0, 0.1) is 0 Å². The van der Waals surface area contributed by atoms with Crippen molar-refractivity contribution < 1.29 is 19.7 Å². The van der Waals surface area contributed by atoms with Crippen molar-refractivity contribution in [1.82, 2.24) is 9.55 Å². The number of halogens is 2. The number of aliphatic hydroxyl groups is 2. The second kappa shape index (κ2) is 7.10. The van der Waals surface area contributed by atoms with Crippen molar-refractivity contribution in [2.45, 2.75) is 24.4 Å². The fourth-order valence-corrected chi connectivity index (χ4v) is 2.93. The molecule has 1 aromatic heterocycles. The third-order valence-electron chi connectivity index (χ3n) is 3.66. The van der Waals surface area contributed by atoms with E-state index in [0.717, 1.165) is 4.57 Å². The molecule has 8 nitrogen and oxygen atoms in total. The number of H-pyrrole nitrogens is 1. The number of carbonyl (C=O) groups is 1. The molecule has 0 spiro atoms. The first-order valence-corrected chi connectivity index (χ1v) is 8.02. The highest BCUT2D eigenvalue weighted by molar-refractivity contribution is 9.11. The van der Waals surface area contributed by atoms with E-state index in [4.69, 9.17) is 16.3 Å². The maximum atomic E-state index is 12.0. The molecule has 1 saturated heterocycles. The normalized spacial score (nSPS) is 27.7. The zero-order valence-corrected chi connectivity index (χ0v) is 14.1. The molecule has 3 N–H and O–H groups in total. The van der Waals surface area contributed by atoms with Crippen LogP contribution in [0.3, 0.4) is 0 Å². The Morgan fingerprint density at radius 3 is 2.87 bits per heavy atom. The molecule has 1 fully saturated rings. The van der Waals surface area contributed by atoms with Crippen molar-refractivity contribution in [2.75, 3.05) is 12.5 Å². The lowest BCUT2D eigenvalue weighted by Crippen LogP contribution is -2.48. The second-order valence-electron chi connectivity index (χ2n) is 4.99. The lowest BCUT2D eigenvalue weighted by Gasteiger charge is -2.23. The molecule has 0 unspecified atom stereocenters. The van der Waals surface area contributed by atoms with Gasteiger partial charge in [-0.05, 0) is 11.1 Å². The quantitative estimate of drug-likeness (QED) is 0.575. The maximum absolute atomic E-state index is 12.0. The number of aromatic amines is 1. The van der Waals surface area contributed by atoms with E-state index in [0.29, 0.717) is 0 Å². The van der Waals surface area contributed by atoms with Gasteiger partial charge in [-0.2, -0.15) is 0 Å². The predicted molar refractivity (Wildman–Crippen MR) is 85.6 cm³/mol. The number of carbonyl (C=O) groups excluding carboxylic acids is 1. The number of alkyl halides is 1. The number of ether oxygens (including phenoxy) is 1. The van der Waals surface area contributed by atoms with Gasteiger partial charge in [-0.15, -0.1) is 11.6 Å². The molecule has 1 aliphatic heterocycles. The third-order valence-corrected chi connectivity index (χ3v) is 4.17. The highest BCUT2D eigenvalue weighted by atomic mass is 79.9. The average molecular weight is 410 g/mol. The number of nitrogens with zero attached hydrogens (tertiary/aromatic N) is 1. The molecular weight excluding hydrogens is 396 g/mol. The first-order chi connectivity index (χ1) is 10.9. The molecule has 0 aliphatic carbocycles. The summed E-state index contributed by atoms with van der Waals surface area (Å²) in [4.78, 5) is 39.0. The summed E-state index contributed by atoms with van der Waals surface area (Å²) in [5.74, 6) is -1.17. The molecule has 0 saturated carbocycles. The van der Waals surface area contributed by atoms with Gasteiger partial charge in [0.25, 0.3) is 5.56 Å². The average Bonchev–Trinajstić information content (AvgIpc) is 2.87. The van der Waals surface area contributed by atoms with Crippen molar-refractivity contribution >= 4 is 39.4 Å². The SMILES string of the molecule is O=C(CCl)[C@]1(O)C[C@H](n2cc(C=CBr)c(=O)[nH]c2=O)O[C@@H]1CO. The standard InChI is InChI=1S/C13H14BrClN2O6/c14-2-1-7-5-17(12(21)16-11(7)20)10-3-13(22,8(19)4-15)9(6-18)23-10/h1-2,5,9-10,18,22H,3-4,6H2,(H,16,20,21)/t9-,10-,13-/m1/s1. The number of rotatable bonds is 5. The lowest BCUT2D eigenvalue weighted by atomic mass is 9.91. The van der Waals surface area contributed by atoms with Crippen LogP contribution in [0.4, 0.5) is 0 Å². The summed E-state index contributed by atoms with van der Waals surface area (Å²) < 4.78 is 6.46. The van der Waals surface area contributed by atoms with Gasteiger partial charge in [-0.1, -0.05) is 15.9 Å². The topological polar surface area (TPSA) is 122 Å². The second-order valence-corrected chi connectivity index (χ2v) is 5.79. The van der Waals surface area contributed by atoms with E-state index < -0.39 is 47.5 Å². The number of aliphatic hydroxyl groups excluding tert-OH is 1. The fourth-order valence-electron chi connectivity index (χ4n) is 2.42. The molecule has 0 radical (unpaired) electrons. The zero-order valence-electron chi connectivity index (χ0n) is 11.7. The van der Waals surface area contributed by atoms with Crippen LogP contribution in [0.2, 0.25) is 0 Å². The molecule has 0 aromatic carbocycles. The number of ketones is 1. The first-order valence-electron chi connectivity index (χ1n) is 6.57. The van der Waals surface area contributed by atoms with Gasteiger partial charge in [0.2, 0.25) is 0 Å². The summed E-state index contributed by atoms with van der Waals surface area (Å²) in [5.41, 5.74) is -3.18. The Kier molecular flexibility index (Phi) is 5.58. The van der Waals surface area contributed by atoms with E-state index in [1.165, 1.54) is 17.3 Å². The highest BCUT2D eigenvalue weighted by Gasteiger charge is 2.52. The van der Waals surface area contributed by atoms with Gasteiger partial charge in [0.15, 0.2) is 11.4 Å². The van der Waals surface area contributed by atoms with Gasteiger partial charge >= 0.3 is 5.69 Å². The molecule has 0 bridgehead atoms. The van der Waals surface area contributed by atoms with Crippen molar-refractivity contribution in [3.63, 3.8) is 0 Å². The van der Waals surface area contributed by atoms with Gasteiger partial charge in [-0.3, -0.25) is 19.1 Å². The fraction of sp³-hybridized carbons (Fsp3) is 0.462. The number of aromatic nitrogens is 2. The van der Waals surface area contributed by atoms with Crippen LogP contribution in [0.5, 0.6) is 0 Å². The minimum Gasteiger partial charge on any atom is -0.394 e. The Bertz CT molecular complexity index is 745. The summed E-state index contributed by atoms with van der Waals surface area (Å²) in [5, 5.41) is 19.8. The predicted octanol–water partition coefficient (Wildman–Crippen LogP) is -0.279. The summed E-state index contributed by atoms with van der Waals surface area (Å²) in [6, 6.07) is 0. The van der Waals surface area contributed by atoms with E-state index in [1.807, 2.05) is 0 Å². The van der Waals surface area contributed by atoms with Crippen LogP contribution in [0.1, 0.15) is 18.2 Å². The van der Waals surface area contributed by atoms with Crippen LogP contribution >= 0.6 is 27.5 Å². The highest BCUT2D eigenvalue weighted by Crippen LogP contribution is 2.37. The van der Waals surface area contributed by atoms with Crippen LogP contribution in [0.15, 0.2) is 20.8 Å². The number of nitrogens with one attached hydrogen (secondary N) is 1. The zero-order chi connectivity index (χ0) is 17.2. The van der Waals surface area contributed by atoms with Crippen LogP contribution in [-0.2, 0) is 9.53 Å². The molecule has 2 rings (SSSR count). The number of Topliss-reactive ketones (excluding diaryl/α,β-unsaturated/α-hetero) is 1. The van der Waals surface area contributed by atoms with Crippen LogP contribution in [-0.4, -0.2) is 49.7 Å². The monoisotopic (exact) mass is 408 g/mol. The van der Waals surface area contributed by atoms with E-state index in [1.54, 1.807) is 0 Å². The smallest absolute Gasteiger partial charge is 0.330 e. The Hall–Kier alpha value is -1.26. The van der Waals surface area contributed by atoms with Gasteiger partial charge in [-0.25, -0.2) is 4.79 Å². The van der Waals surface area contributed by atoms with E-state index in [2.05, 4.69) is 20.9 Å². The molecule has 2 heterocycles. The molecule has 23 heavy (non-hydrogen) atoms. The Morgan fingerprint density at radius 2 is 2.30 bits per heavy atom. The van der Waals surface area contributed by atoms with Gasteiger partial charge < -0.3 is 14.9 Å². The van der Waals surface area contributed by atoms with Crippen molar-refractivity contribution in [1.29, 1.82) is 0 Å². The molecule has 10 heteroatoms. The number of hydrogen-bond acceptors (Lipinski definition) is 6. The van der Waals surface area contributed by atoms with Crippen LogP contribution < -0.4 is 11.2 Å². The third kappa shape index (κ3) is 3.33. The molecule has 0 amide bonds. The van der Waals surface area contributed by atoms with Gasteiger partial charge in [0, 0.05) is 12.6 Å².